The van der Waals surface area contributed by atoms with Gasteiger partial charge in [-0.2, -0.15) is 0 Å². The van der Waals surface area contributed by atoms with Gasteiger partial charge in [0.1, 0.15) is 11.8 Å². The maximum atomic E-state index is 11.8. The van der Waals surface area contributed by atoms with E-state index in [0.29, 0.717) is 18.9 Å². The van der Waals surface area contributed by atoms with Gasteiger partial charge in [0.2, 0.25) is 5.91 Å². The molecule has 1 aromatic carbocycles. The quantitative estimate of drug-likeness (QED) is 0.717. The highest BCUT2D eigenvalue weighted by molar-refractivity contribution is 5.84. The number of ether oxygens (including phenoxy) is 2. The van der Waals surface area contributed by atoms with Crippen molar-refractivity contribution >= 4 is 11.6 Å². The van der Waals surface area contributed by atoms with Crippen LogP contribution in [0, 0.1) is 0 Å². The summed E-state index contributed by atoms with van der Waals surface area (Å²) in [6, 6.07) is 7.15. The lowest BCUT2D eigenvalue weighted by Crippen LogP contribution is -2.39. The van der Waals surface area contributed by atoms with Gasteiger partial charge in [-0.1, -0.05) is 12.1 Å². The second-order valence-corrected chi connectivity index (χ2v) is 3.85. The minimum absolute atomic E-state index is 0.0713. The molecule has 0 fully saturated rings. The number of methoxy groups -OCH3 is 2. The van der Waals surface area contributed by atoms with Crippen LogP contribution in [0.2, 0.25) is 0 Å². The van der Waals surface area contributed by atoms with Gasteiger partial charge in [0.25, 0.3) is 0 Å². The van der Waals surface area contributed by atoms with E-state index in [9.17, 15) is 4.79 Å². The van der Waals surface area contributed by atoms with E-state index in [1.807, 2.05) is 24.3 Å². The van der Waals surface area contributed by atoms with E-state index in [0.717, 1.165) is 5.69 Å². The van der Waals surface area contributed by atoms with Crippen molar-refractivity contribution in [3.05, 3.63) is 24.3 Å². The van der Waals surface area contributed by atoms with E-state index in [2.05, 4.69) is 10.6 Å². The van der Waals surface area contributed by atoms with Crippen LogP contribution < -0.4 is 15.4 Å². The van der Waals surface area contributed by atoms with E-state index in [1.165, 1.54) is 0 Å². The molecule has 5 heteroatoms. The Morgan fingerprint density at radius 1 is 1.33 bits per heavy atom. The van der Waals surface area contributed by atoms with Crippen LogP contribution >= 0.6 is 0 Å². The van der Waals surface area contributed by atoms with Gasteiger partial charge in [-0.05, 0) is 19.1 Å². The van der Waals surface area contributed by atoms with E-state index >= 15 is 0 Å². The lowest BCUT2D eigenvalue weighted by Gasteiger charge is -2.17. The highest BCUT2D eigenvalue weighted by atomic mass is 16.5. The normalized spacial score (nSPS) is 11.7. The topological polar surface area (TPSA) is 59.6 Å². The molecular weight excluding hydrogens is 232 g/mol. The second kappa shape index (κ2) is 7.55. The van der Waals surface area contributed by atoms with Crippen LogP contribution in [-0.2, 0) is 9.53 Å². The zero-order valence-corrected chi connectivity index (χ0v) is 11.0. The van der Waals surface area contributed by atoms with Gasteiger partial charge in [0.15, 0.2) is 0 Å². The molecule has 1 rings (SSSR count). The SMILES string of the molecule is COCCNC(=O)C(C)Nc1ccccc1OC. The molecule has 1 aromatic rings. The zero-order valence-electron chi connectivity index (χ0n) is 11.0. The standard InChI is InChI=1S/C13H20N2O3/c1-10(13(16)14-8-9-17-2)15-11-6-4-5-7-12(11)18-3/h4-7,10,15H,8-9H2,1-3H3,(H,14,16). The molecule has 0 heterocycles. The number of amides is 1. The van der Waals surface area contributed by atoms with E-state index in [1.54, 1.807) is 21.1 Å². The number of nitrogens with one attached hydrogen (secondary N) is 2. The number of carbonyl (C=O) groups excluding carboxylic acids is 1. The van der Waals surface area contributed by atoms with E-state index < -0.39 is 0 Å². The molecule has 0 aliphatic rings. The maximum absolute atomic E-state index is 11.8. The van der Waals surface area contributed by atoms with Gasteiger partial charge in [-0.15, -0.1) is 0 Å². The molecule has 0 radical (unpaired) electrons. The fourth-order valence-electron chi connectivity index (χ4n) is 1.49. The van der Waals surface area contributed by atoms with Crippen molar-refractivity contribution in [2.45, 2.75) is 13.0 Å². The van der Waals surface area contributed by atoms with E-state index in [-0.39, 0.29) is 11.9 Å². The first kappa shape index (κ1) is 14.3. The van der Waals surface area contributed by atoms with Crippen LogP contribution in [0.15, 0.2) is 24.3 Å². The number of carbonyl (C=O) groups is 1. The molecule has 5 nitrogen and oxygen atoms in total. The highest BCUT2D eigenvalue weighted by Crippen LogP contribution is 2.23. The number of para-hydroxylation sites is 2. The molecule has 1 atom stereocenters. The molecule has 2 N–H and O–H groups in total. The van der Waals surface area contributed by atoms with Crippen molar-refractivity contribution < 1.29 is 14.3 Å². The molecule has 1 amide bonds. The van der Waals surface area contributed by atoms with Crippen LogP contribution in [0.4, 0.5) is 5.69 Å². The summed E-state index contributed by atoms with van der Waals surface area (Å²) in [6.45, 7) is 2.81. The largest absolute Gasteiger partial charge is 0.495 e. The van der Waals surface area contributed by atoms with Crippen molar-refractivity contribution in [3.63, 3.8) is 0 Å². The minimum Gasteiger partial charge on any atom is -0.495 e. The zero-order chi connectivity index (χ0) is 13.4. The molecular formula is C13H20N2O3. The summed E-state index contributed by atoms with van der Waals surface area (Å²) in [5, 5.41) is 5.88. The lowest BCUT2D eigenvalue weighted by molar-refractivity contribution is -0.121. The minimum atomic E-state index is -0.335. The number of hydrogen-bond donors (Lipinski definition) is 2. The van der Waals surface area contributed by atoms with Crippen LogP contribution in [0.3, 0.4) is 0 Å². The highest BCUT2D eigenvalue weighted by Gasteiger charge is 2.13. The molecule has 0 saturated heterocycles. The summed E-state index contributed by atoms with van der Waals surface area (Å²) in [5.41, 5.74) is 0.800. The molecule has 1 unspecified atom stereocenters. The van der Waals surface area contributed by atoms with Gasteiger partial charge in [-0.3, -0.25) is 4.79 Å². The third-order valence-corrected chi connectivity index (χ3v) is 2.48. The van der Waals surface area contributed by atoms with Crippen molar-refractivity contribution in [1.29, 1.82) is 0 Å². The fraction of sp³-hybridized carbons (Fsp3) is 0.462. The first-order valence-electron chi connectivity index (χ1n) is 5.85. The number of hydrogen-bond acceptors (Lipinski definition) is 4. The Bertz CT molecular complexity index is 382. The van der Waals surface area contributed by atoms with Crippen LogP contribution in [0.1, 0.15) is 6.92 Å². The molecule has 0 spiro atoms. The van der Waals surface area contributed by atoms with Crippen molar-refractivity contribution in [3.8, 4) is 5.75 Å². The third kappa shape index (κ3) is 4.25. The molecule has 0 aliphatic carbocycles. The monoisotopic (exact) mass is 252 g/mol. The molecule has 18 heavy (non-hydrogen) atoms. The Labute approximate surface area is 107 Å². The van der Waals surface area contributed by atoms with Gasteiger partial charge in [0.05, 0.1) is 19.4 Å². The van der Waals surface area contributed by atoms with Gasteiger partial charge in [0, 0.05) is 13.7 Å². The summed E-state index contributed by atoms with van der Waals surface area (Å²) < 4.78 is 10.1. The average molecular weight is 252 g/mol. The summed E-state index contributed by atoms with van der Waals surface area (Å²) >= 11 is 0. The second-order valence-electron chi connectivity index (χ2n) is 3.85. The average Bonchev–Trinajstić information content (AvgIpc) is 2.39. The van der Waals surface area contributed by atoms with Crippen molar-refractivity contribution in [2.75, 3.05) is 32.7 Å². The molecule has 0 aliphatic heterocycles. The predicted molar refractivity (Wildman–Crippen MR) is 71.0 cm³/mol. The lowest BCUT2D eigenvalue weighted by atomic mass is 10.2. The van der Waals surface area contributed by atoms with Crippen LogP contribution in [0.5, 0.6) is 5.75 Å². The Morgan fingerprint density at radius 2 is 2.06 bits per heavy atom. The maximum Gasteiger partial charge on any atom is 0.242 e. The summed E-state index contributed by atoms with van der Waals surface area (Å²) in [4.78, 5) is 11.8. The Hall–Kier alpha value is -1.75. The Balaban J connectivity index is 2.52. The van der Waals surface area contributed by atoms with Crippen LogP contribution in [-0.4, -0.2) is 39.3 Å². The number of benzene rings is 1. The summed E-state index contributed by atoms with van der Waals surface area (Å²) in [7, 11) is 3.20. The fourth-order valence-corrected chi connectivity index (χ4v) is 1.49. The first-order valence-corrected chi connectivity index (χ1v) is 5.85. The Morgan fingerprint density at radius 3 is 2.72 bits per heavy atom. The number of rotatable bonds is 7. The third-order valence-electron chi connectivity index (χ3n) is 2.48. The first-order chi connectivity index (χ1) is 8.69. The van der Waals surface area contributed by atoms with Gasteiger partial charge < -0.3 is 20.1 Å². The summed E-state index contributed by atoms with van der Waals surface area (Å²) in [6.07, 6.45) is 0. The summed E-state index contributed by atoms with van der Waals surface area (Å²) in [5.74, 6) is 0.645. The molecule has 0 saturated carbocycles. The molecule has 100 valence electrons. The molecule has 0 aromatic heterocycles. The van der Waals surface area contributed by atoms with Crippen molar-refractivity contribution in [1.82, 2.24) is 5.32 Å². The van der Waals surface area contributed by atoms with Crippen LogP contribution in [0.25, 0.3) is 0 Å². The van der Waals surface area contributed by atoms with E-state index in [4.69, 9.17) is 9.47 Å². The van der Waals surface area contributed by atoms with Gasteiger partial charge in [-0.25, -0.2) is 0 Å². The smallest absolute Gasteiger partial charge is 0.242 e. The molecule has 0 bridgehead atoms. The Kier molecular flexibility index (Phi) is 6.00. The van der Waals surface area contributed by atoms with Crippen molar-refractivity contribution in [2.24, 2.45) is 0 Å². The number of anilines is 1. The predicted octanol–water partition coefficient (Wildman–Crippen LogP) is 1.26. The van der Waals surface area contributed by atoms with Gasteiger partial charge >= 0.3 is 0 Å².